The van der Waals surface area contributed by atoms with E-state index in [1.807, 2.05) is 0 Å². The van der Waals surface area contributed by atoms with Crippen molar-refractivity contribution in [1.82, 2.24) is 9.55 Å². The predicted molar refractivity (Wildman–Crippen MR) is 76.4 cm³/mol. The zero-order chi connectivity index (χ0) is 15.7. The molecule has 1 N–H and O–H groups in total. The molecule has 0 saturated heterocycles. The second-order valence-electron chi connectivity index (χ2n) is 5.61. The van der Waals surface area contributed by atoms with Gasteiger partial charge in [-0.3, -0.25) is 9.36 Å². The molecule has 6 heteroatoms. The van der Waals surface area contributed by atoms with Gasteiger partial charge in [0.1, 0.15) is 11.6 Å². The lowest BCUT2D eigenvalue weighted by molar-refractivity contribution is 0.149. The van der Waals surface area contributed by atoms with Crippen LogP contribution in [0.3, 0.4) is 0 Å². The molecule has 22 heavy (non-hydrogen) atoms. The number of aliphatic hydroxyl groups excluding tert-OH is 1. The van der Waals surface area contributed by atoms with E-state index in [0.717, 1.165) is 43.2 Å². The van der Waals surface area contributed by atoms with Gasteiger partial charge < -0.3 is 5.11 Å². The predicted octanol–water partition coefficient (Wildman–Crippen LogP) is 2.52. The van der Waals surface area contributed by atoms with Gasteiger partial charge in [-0.05, 0) is 31.0 Å². The van der Waals surface area contributed by atoms with Crippen LogP contribution in [0.1, 0.15) is 42.5 Å². The molecule has 1 heterocycles. The summed E-state index contributed by atoms with van der Waals surface area (Å²) in [5.74, 6) is -1.00. The first-order valence-corrected chi connectivity index (χ1v) is 7.24. The fourth-order valence-corrected chi connectivity index (χ4v) is 2.56. The highest BCUT2D eigenvalue weighted by Gasteiger charge is 2.22. The molecule has 1 aromatic carbocycles. The van der Waals surface area contributed by atoms with Gasteiger partial charge in [-0.15, -0.1) is 0 Å². The average Bonchev–Trinajstić information content (AvgIpc) is 2.42. The van der Waals surface area contributed by atoms with Crippen LogP contribution >= 0.6 is 0 Å². The molecule has 1 aliphatic carbocycles. The lowest BCUT2D eigenvalue weighted by Crippen LogP contribution is -2.25. The summed E-state index contributed by atoms with van der Waals surface area (Å²) in [7, 11) is 0. The number of aliphatic hydroxyl groups is 1. The van der Waals surface area contributed by atoms with Gasteiger partial charge in [0, 0.05) is 17.5 Å². The summed E-state index contributed by atoms with van der Waals surface area (Å²) in [6.07, 6.45) is 3.26. The molecule has 4 nitrogen and oxygen atoms in total. The quantitative estimate of drug-likeness (QED) is 0.944. The van der Waals surface area contributed by atoms with E-state index in [0.29, 0.717) is 5.92 Å². The Labute approximate surface area is 126 Å². The molecule has 1 aliphatic rings. The maximum absolute atomic E-state index is 13.6. The molecule has 0 aliphatic heterocycles. The lowest BCUT2D eigenvalue weighted by atomic mass is 9.83. The van der Waals surface area contributed by atoms with Crippen LogP contribution in [-0.4, -0.2) is 14.7 Å². The van der Waals surface area contributed by atoms with Crippen molar-refractivity contribution in [2.75, 3.05) is 0 Å². The van der Waals surface area contributed by atoms with Crippen LogP contribution < -0.4 is 5.56 Å². The average molecular weight is 306 g/mol. The Morgan fingerprint density at radius 1 is 1.32 bits per heavy atom. The Hall–Kier alpha value is -2.08. The molecule has 1 fully saturated rings. The van der Waals surface area contributed by atoms with Crippen molar-refractivity contribution in [3.8, 4) is 0 Å². The second-order valence-corrected chi connectivity index (χ2v) is 5.61. The molecule has 1 saturated carbocycles. The normalized spacial score (nSPS) is 16.3. The summed E-state index contributed by atoms with van der Waals surface area (Å²) in [6, 6.07) is 4.32. The van der Waals surface area contributed by atoms with Gasteiger partial charge in [0.15, 0.2) is 0 Å². The summed E-state index contributed by atoms with van der Waals surface area (Å²) in [5, 5.41) is 10.0. The highest BCUT2D eigenvalue weighted by atomic mass is 19.1. The van der Waals surface area contributed by atoms with E-state index < -0.39 is 17.7 Å². The molecular formula is C16H16F2N2O2. The van der Waals surface area contributed by atoms with E-state index in [2.05, 4.69) is 4.98 Å². The van der Waals surface area contributed by atoms with Gasteiger partial charge in [-0.2, -0.15) is 0 Å². The van der Waals surface area contributed by atoms with Crippen molar-refractivity contribution in [2.45, 2.75) is 37.8 Å². The summed E-state index contributed by atoms with van der Waals surface area (Å²) >= 11 is 0. The SMILES string of the molecule is O=c1cc(C2CCC2)ncn1CC(O)c1cc(F)ccc1F. The minimum atomic E-state index is -1.32. The van der Waals surface area contributed by atoms with Crippen LogP contribution in [0, 0.1) is 11.6 Å². The van der Waals surface area contributed by atoms with Crippen LogP contribution in [0.4, 0.5) is 8.78 Å². The van der Waals surface area contributed by atoms with Gasteiger partial charge >= 0.3 is 0 Å². The molecule has 0 amide bonds. The molecule has 0 radical (unpaired) electrons. The first kappa shape index (κ1) is 14.8. The third-order valence-corrected chi connectivity index (χ3v) is 4.11. The minimum Gasteiger partial charge on any atom is -0.386 e. The number of benzene rings is 1. The Balaban J connectivity index is 1.80. The van der Waals surface area contributed by atoms with E-state index in [1.54, 1.807) is 0 Å². The maximum Gasteiger partial charge on any atom is 0.253 e. The molecule has 1 atom stereocenters. The second kappa shape index (κ2) is 5.96. The summed E-state index contributed by atoms with van der Waals surface area (Å²) in [6.45, 7) is -0.169. The number of aromatic nitrogens is 2. The van der Waals surface area contributed by atoms with Crippen molar-refractivity contribution in [3.63, 3.8) is 0 Å². The fraction of sp³-hybridized carbons (Fsp3) is 0.375. The standard InChI is InChI=1S/C16H16F2N2O2/c17-11-4-5-13(18)12(6-11)15(21)8-20-9-19-14(7-16(20)22)10-2-1-3-10/h4-7,9-10,15,21H,1-3,8H2. The molecule has 0 bridgehead atoms. The van der Waals surface area contributed by atoms with Gasteiger partial charge in [-0.25, -0.2) is 13.8 Å². The highest BCUT2D eigenvalue weighted by Crippen LogP contribution is 2.34. The van der Waals surface area contributed by atoms with Gasteiger partial charge in [-0.1, -0.05) is 6.42 Å². The van der Waals surface area contributed by atoms with Gasteiger partial charge in [0.25, 0.3) is 5.56 Å². The number of rotatable bonds is 4. The molecule has 0 spiro atoms. The van der Waals surface area contributed by atoms with Gasteiger partial charge in [0.05, 0.1) is 24.7 Å². The molecular weight excluding hydrogens is 290 g/mol. The monoisotopic (exact) mass is 306 g/mol. The molecule has 2 aromatic rings. The number of hydrogen-bond acceptors (Lipinski definition) is 3. The van der Waals surface area contributed by atoms with Crippen LogP contribution in [0.15, 0.2) is 35.4 Å². The molecule has 3 rings (SSSR count). The zero-order valence-electron chi connectivity index (χ0n) is 11.9. The molecule has 116 valence electrons. The third kappa shape index (κ3) is 2.92. The van der Waals surface area contributed by atoms with Crippen molar-refractivity contribution >= 4 is 0 Å². The molecule has 1 unspecified atom stereocenters. The molecule has 1 aromatic heterocycles. The van der Waals surface area contributed by atoms with Crippen molar-refractivity contribution < 1.29 is 13.9 Å². The smallest absolute Gasteiger partial charge is 0.253 e. The van der Waals surface area contributed by atoms with Gasteiger partial charge in [0.2, 0.25) is 0 Å². The first-order valence-electron chi connectivity index (χ1n) is 7.24. The van der Waals surface area contributed by atoms with Crippen LogP contribution in [0.5, 0.6) is 0 Å². The summed E-state index contributed by atoms with van der Waals surface area (Å²) in [5.41, 5.74) is 0.293. The van der Waals surface area contributed by atoms with Crippen LogP contribution in [-0.2, 0) is 6.54 Å². The van der Waals surface area contributed by atoms with Crippen molar-refractivity contribution in [1.29, 1.82) is 0 Å². The minimum absolute atomic E-state index is 0.169. The van der Waals surface area contributed by atoms with E-state index in [4.69, 9.17) is 0 Å². The summed E-state index contributed by atoms with van der Waals surface area (Å²) in [4.78, 5) is 16.3. The van der Waals surface area contributed by atoms with E-state index in [-0.39, 0.29) is 17.7 Å². The van der Waals surface area contributed by atoms with Crippen LogP contribution in [0.25, 0.3) is 0 Å². The first-order chi connectivity index (χ1) is 10.5. The Morgan fingerprint density at radius 2 is 2.09 bits per heavy atom. The van der Waals surface area contributed by atoms with Crippen molar-refractivity contribution in [2.24, 2.45) is 0 Å². The maximum atomic E-state index is 13.6. The Bertz CT molecular complexity index is 741. The Morgan fingerprint density at radius 3 is 2.73 bits per heavy atom. The third-order valence-electron chi connectivity index (χ3n) is 4.11. The fourth-order valence-electron chi connectivity index (χ4n) is 2.56. The number of halogens is 2. The number of nitrogens with zero attached hydrogens (tertiary/aromatic N) is 2. The van der Waals surface area contributed by atoms with Crippen molar-refractivity contribution in [3.05, 3.63) is 63.8 Å². The van der Waals surface area contributed by atoms with E-state index in [9.17, 15) is 18.7 Å². The lowest BCUT2D eigenvalue weighted by Gasteiger charge is -2.24. The summed E-state index contributed by atoms with van der Waals surface area (Å²) < 4.78 is 28.0. The highest BCUT2D eigenvalue weighted by molar-refractivity contribution is 5.21. The largest absolute Gasteiger partial charge is 0.386 e. The Kier molecular flexibility index (Phi) is 4.02. The van der Waals surface area contributed by atoms with Crippen LogP contribution in [0.2, 0.25) is 0 Å². The topological polar surface area (TPSA) is 55.1 Å². The van der Waals surface area contributed by atoms with E-state index in [1.165, 1.54) is 17.0 Å². The van der Waals surface area contributed by atoms with E-state index >= 15 is 0 Å². The number of hydrogen-bond donors (Lipinski definition) is 1. The zero-order valence-corrected chi connectivity index (χ0v) is 11.9.